The summed E-state index contributed by atoms with van der Waals surface area (Å²) in [7, 11) is 0. The van der Waals surface area contributed by atoms with Crippen LogP contribution in [0.1, 0.15) is 45.5 Å². The molecular formula is C23H20N6O3S. The van der Waals surface area contributed by atoms with E-state index in [4.69, 9.17) is 14.5 Å². The van der Waals surface area contributed by atoms with Gasteiger partial charge in [-0.2, -0.15) is 5.10 Å². The monoisotopic (exact) mass is 460 g/mol. The maximum Gasteiger partial charge on any atom is 0.255 e. The Balaban J connectivity index is 1.30. The molecule has 10 heteroatoms. The van der Waals surface area contributed by atoms with E-state index in [1.165, 1.54) is 11.3 Å². The quantitative estimate of drug-likeness (QED) is 0.469. The molecule has 0 unspecified atom stereocenters. The maximum atomic E-state index is 13.0. The summed E-state index contributed by atoms with van der Waals surface area (Å²) in [5.74, 6) is 1.96. The van der Waals surface area contributed by atoms with Gasteiger partial charge in [0.25, 0.3) is 11.9 Å². The van der Waals surface area contributed by atoms with Crippen LogP contribution in [0.25, 0.3) is 17.2 Å². The number of ether oxygens (including phenoxy) is 2. The lowest BCUT2D eigenvalue weighted by Gasteiger charge is -2.09. The van der Waals surface area contributed by atoms with Crippen molar-refractivity contribution in [3.63, 3.8) is 0 Å². The van der Waals surface area contributed by atoms with Crippen LogP contribution in [0.15, 0.2) is 42.0 Å². The van der Waals surface area contributed by atoms with Crippen molar-refractivity contribution in [3.8, 4) is 28.7 Å². The summed E-state index contributed by atoms with van der Waals surface area (Å²) in [6, 6.07) is 7.54. The highest BCUT2D eigenvalue weighted by Gasteiger charge is 2.33. The molecule has 1 N–H and O–H groups in total. The van der Waals surface area contributed by atoms with Crippen LogP contribution < -0.4 is 14.8 Å². The summed E-state index contributed by atoms with van der Waals surface area (Å²) >= 11 is 1.54. The van der Waals surface area contributed by atoms with Gasteiger partial charge in [-0.15, -0.1) is 11.3 Å². The fourth-order valence-electron chi connectivity index (χ4n) is 3.84. The molecule has 4 heterocycles. The summed E-state index contributed by atoms with van der Waals surface area (Å²) in [4.78, 5) is 26.5. The molecule has 0 bridgehead atoms. The standard InChI is InChI=1S/C23H20N6O3S/c1-13-11-33-20(27-13)10-25-22(30)16-9-26-29(21(16)14-2-3-14)23-24-7-6-17(28-23)15-4-5-18-19(8-15)32-12-31-18/h4-9,11,14H,2-3,10,12H2,1H3,(H,25,30). The molecule has 0 saturated heterocycles. The predicted molar refractivity (Wildman–Crippen MR) is 121 cm³/mol. The molecule has 3 aromatic heterocycles. The second-order valence-corrected chi connectivity index (χ2v) is 8.95. The second kappa shape index (κ2) is 7.96. The fraction of sp³-hybridized carbons (Fsp3) is 0.261. The molecule has 6 rings (SSSR count). The largest absolute Gasteiger partial charge is 0.454 e. The molecule has 1 saturated carbocycles. The van der Waals surface area contributed by atoms with E-state index in [1.54, 1.807) is 17.1 Å². The number of nitrogens with one attached hydrogen (secondary N) is 1. The topological polar surface area (TPSA) is 104 Å². The lowest BCUT2D eigenvalue weighted by Crippen LogP contribution is -2.23. The first-order valence-corrected chi connectivity index (χ1v) is 11.5. The number of hydrogen-bond acceptors (Lipinski definition) is 8. The fourth-order valence-corrected chi connectivity index (χ4v) is 4.56. The van der Waals surface area contributed by atoms with Gasteiger partial charge in [0.15, 0.2) is 11.5 Å². The molecule has 33 heavy (non-hydrogen) atoms. The highest BCUT2D eigenvalue weighted by Crippen LogP contribution is 2.42. The van der Waals surface area contributed by atoms with Crippen LogP contribution in [-0.2, 0) is 6.54 Å². The molecule has 1 aliphatic carbocycles. The summed E-state index contributed by atoms with van der Waals surface area (Å²) in [6.07, 6.45) is 5.33. The Morgan fingerprint density at radius 2 is 2.09 bits per heavy atom. The zero-order valence-corrected chi connectivity index (χ0v) is 18.6. The molecule has 9 nitrogen and oxygen atoms in total. The van der Waals surface area contributed by atoms with Gasteiger partial charge < -0.3 is 14.8 Å². The lowest BCUT2D eigenvalue weighted by atomic mass is 10.1. The Labute approximate surface area is 193 Å². The van der Waals surface area contributed by atoms with E-state index < -0.39 is 0 Å². The summed E-state index contributed by atoms with van der Waals surface area (Å²) < 4.78 is 12.6. The van der Waals surface area contributed by atoms with E-state index in [0.29, 0.717) is 23.8 Å². The van der Waals surface area contributed by atoms with Crippen molar-refractivity contribution in [3.05, 3.63) is 64.0 Å². The van der Waals surface area contributed by atoms with E-state index in [1.807, 2.05) is 36.6 Å². The smallest absolute Gasteiger partial charge is 0.255 e. The minimum atomic E-state index is -0.164. The Bertz CT molecular complexity index is 1360. The number of aromatic nitrogens is 5. The zero-order chi connectivity index (χ0) is 22.4. The SMILES string of the molecule is Cc1csc(CNC(=O)c2cnn(-c3nccc(-c4ccc5c(c4)OCO5)n3)c2C2CC2)n1. The number of carbonyl (C=O) groups excluding carboxylic acids is 1. The molecule has 4 aromatic rings. The minimum Gasteiger partial charge on any atom is -0.454 e. The van der Waals surface area contributed by atoms with Crippen molar-refractivity contribution < 1.29 is 14.3 Å². The second-order valence-electron chi connectivity index (χ2n) is 8.00. The van der Waals surface area contributed by atoms with Gasteiger partial charge in [0, 0.05) is 28.8 Å². The average molecular weight is 461 g/mol. The molecule has 0 spiro atoms. The molecular weight excluding hydrogens is 440 g/mol. The van der Waals surface area contributed by atoms with Gasteiger partial charge in [-0.25, -0.2) is 19.6 Å². The van der Waals surface area contributed by atoms with Crippen LogP contribution in [0.2, 0.25) is 0 Å². The van der Waals surface area contributed by atoms with Crippen LogP contribution in [0.5, 0.6) is 11.5 Å². The Morgan fingerprint density at radius 1 is 1.21 bits per heavy atom. The lowest BCUT2D eigenvalue weighted by molar-refractivity contribution is 0.0949. The van der Waals surface area contributed by atoms with Crippen molar-refractivity contribution in [2.75, 3.05) is 6.79 Å². The van der Waals surface area contributed by atoms with Gasteiger partial charge in [0.1, 0.15) is 5.01 Å². The van der Waals surface area contributed by atoms with Crippen molar-refractivity contribution in [2.24, 2.45) is 0 Å². The zero-order valence-electron chi connectivity index (χ0n) is 17.8. The van der Waals surface area contributed by atoms with Crippen LogP contribution in [0, 0.1) is 6.92 Å². The molecule has 2 aliphatic rings. The number of rotatable bonds is 6. The number of aryl methyl sites for hydroxylation is 1. The van der Waals surface area contributed by atoms with E-state index in [0.717, 1.165) is 46.2 Å². The highest BCUT2D eigenvalue weighted by atomic mass is 32.1. The molecule has 1 aliphatic heterocycles. The minimum absolute atomic E-state index is 0.164. The summed E-state index contributed by atoms with van der Waals surface area (Å²) in [5.41, 5.74) is 3.99. The van der Waals surface area contributed by atoms with Crippen molar-refractivity contribution in [1.29, 1.82) is 0 Å². The Hall–Kier alpha value is -3.79. The molecule has 0 atom stereocenters. The molecule has 1 fully saturated rings. The van der Waals surface area contributed by atoms with Gasteiger partial charge in [-0.3, -0.25) is 4.79 Å². The van der Waals surface area contributed by atoms with Gasteiger partial charge in [-0.1, -0.05) is 0 Å². The van der Waals surface area contributed by atoms with Crippen LogP contribution >= 0.6 is 11.3 Å². The van der Waals surface area contributed by atoms with Crippen molar-refractivity contribution in [2.45, 2.75) is 32.2 Å². The third-order valence-electron chi connectivity index (χ3n) is 5.58. The normalized spacial score (nSPS) is 14.5. The summed E-state index contributed by atoms with van der Waals surface area (Å²) in [5, 5.41) is 10.3. The van der Waals surface area contributed by atoms with E-state index in [2.05, 4.69) is 20.4 Å². The molecule has 1 aromatic carbocycles. The molecule has 0 radical (unpaired) electrons. The van der Waals surface area contributed by atoms with Gasteiger partial charge in [0.05, 0.1) is 29.7 Å². The number of fused-ring (bicyclic) bond motifs is 1. The highest BCUT2D eigenvalue weighted by molar-refractivity contribution is 7.09. The number of nitrogens with zero attached hydrogens (tertiary/aromatic N) is 5. The van der Waals surface area contributed by atoms with Crippen LogP contribution in [0.3, 0.4) is 0 Å². The van der Waals surface area contributed by atoms with Crippen LogP contribution in [0.4, 0.5) is 0 Å². The third kappa shape index (κ3) is 3.82. The van der Waals surface area contributed by atoms with E-state index in [9.17, 15) is 4.79 Å². The first-order valence-electron chi connectivity index (χ1n) is 10.7. The maximum absolute atomic E-state index is 13.0. The molecule has 1 amide bonds. The number of amides is 1. The Morgan fingerprint density at radius 3 is 2.91 bits per heavy atom. The molecule has 166 valence electrons. The van der Waals surface area contributed by atoms with Crippen LogP contribution in [-0.4, -0.2) is 37.4 Å². The first-order chi connectivity index (χ1) is 16.2. The number of benzene rings is 1. The Kier molecular flexibility index (Phi) is 4.79. The van der Waals surface area contributed by atoms with Gasteiger partial charge in [-0.05, 0) is 44.0 Å². The van der Waals surface area contributed by atoms with Crippen molar-refractivity contribution >= 4 is 17.2 Å². The number of hydrogen-bond donors (Lipinski definition) is 1. The van der Waals surface area contributed by atoms with Crippen molar-refractivity contribution in [1.82, 2.24) is 30.0 Å². The first kappa shape index (κ1) is 19.9. The van der Waals surface area contributed by atoms with E-state index in [-0.39, 0.29) is 18.6 Å². The van der Waals surface area contributed by atoms with Gasteiger partial charge in [0.2, 0.25) is 6.79 Å². The van der Waals surface area contributed by atoms with E-state index >= 15 is 0 Å². The average Bonchev–Trinajstić information content (AvgIpc) is 3.22. The third-order valence-corrected chi connectivity index (χ3v) is 6.55. The predicted octanol–water partition coefficient (Wildman–Crippen LogP) is 3.63. The summed E-state index contributed by atoms with van der Waals surface area (Å²) in [6.45, 7) is 2.55. The van der Waals surface area contributed by atoms with Gasteiger partial charge >= 0.3 is 0 Å². The number of carbonyl (C=O) groups is 1. The number of thiazole rings is 1.